The highest BCUT2D eigenvalue weighted by atomic mass is 19.1. The molecule has 2 amide bonds. The SMILES string of the molecule is CC(Oc1ccc(F)cc1)C(=O)NNC(=O)c1ccc(Oc2ccccc2)cc1. The van der Waals surface area contributed by atoms with Gasteiger partial charge < -0.3 is 9.47 Å². The van der Waals surface area contributed by atoms with Crippen LogP contribution in [0.2, 0.25) is 0 Å². The smallest absolute Gasteiger partial charge is 0.279 e. The Morgan fingerprint density at radius 3 is 2.03 bits per heavy atom. The Morgan fingerprint density at radius 2 is 1.38 bits per heavy atom. The highest BCUT2D eigenvalue weighted by Crippen LogP contribution is 2.21. The third kappa shape index (κ3) is 5.80. The zero-order chi connectivity index (χ0) is 20.6. The van der Waals surface area contributed by atoms with Gasteiger partial charge in [0.15, 0.2) is 6.10 Å². The van der Waals surface area contributed by atoms with E-state index in [4.69, 9.17) is 9.47 Å². The Hall–Kier alpha value is -3.87. The Balaban J connectivity index is 1.49. The lowest BCUT2D eigenvalue weighted by Gasteiger charge is -2.15. The normalized spacial score (nSPS) is 11.2. The molecule has 3 aromatic rings. The van der Waals surface area contributed by atoms with E-state index in [-0.39, 0.29) is 0 Å². The monoisotopic (exact) mass is 394 g/mol. The van der Waals surface area contributed by atoms with Crippen LogP contribution in [0, 0.1) is 5.82 Å². The predicted octanol–water partition coefficient (Wildman–Crippen LogP) is 3.85. The van der Waals surface area contributed by atoms with Crippen LogP contribution in [0.3, 0.4) is 0 Å². The van der Waals surface area contributed by atoms with Crippen LogP contribution in [-0.4, -0.2) is 17.9 Å². The number of halogens is 1. The number of ether oxygens (including phenoxy) is 2. The second kappa shape index (κ2) is 9.36. The number of benzene rings is 3. The largest absolute Gasteiger partial charge is 0.481 e. The molecule has 1 unspecified atom stereocenters. The Morgan fingerprint density at radius 1 is 0.793 bits per heavy atom. The predicted molar refractivity (Wildman–Crippen MR) is 105 cm³/mol. The highest BCUT2D eigenvalue weighted by molar-refractivity contribution is 5.95. The molecule has 0 aliphatic rings. The molecule has 6 nitrogen and oxygen atoms in total. The number of nitrogens with one attached hydrogen (secondary N) is 2. The third-order valence-corrected chi connectivity index (χ3v) is 3.89. The van der Waals surface area contributed by atoms with Crippen LogP contribution in [0.15, 0.2) is 78.9 Å². The van der Waals surface area contributed by atoms with Crippen molar-refractivity contribution in [3.63, 3.8) is 0 Å². The molecular weight excluding hydrogens is 375 g/mol. The molecule has 7 heteroatoms. The van der Waals surface area contributed by atoms with Crippen LogP contribution in [0.4, 0.5) is 4.39 Å². The van der Waals surface area contributed by atoms with Crippen molar-refractivity contribution in [1.82, 2.24) is 10.9 Å². The summed E-state index contributed by atoms with van der Waals surface area (Å²) in [5.74, 6) is 0.173. The van der Waals surface area contributed by atoms with Gasteiger partial charge in [0, 0.05) is 5.56 Å². The van der Waals surface area contributed by atoms with E-state index in [0.717, 1.165) is 0 Å². The van der Waals surface area contributed by atoms with Crippen molar-refractivity contribution in [2.45, 2.75) is 13.0 Å². The summed E-state index contributed by atoms with van der Waals surface area (Å²) >= 11 is 0. The van der Waals surface area contributed by atoms with Crippen molar-refractivity contribution in [3.8, 4) is 17.2 Å². The zero-order valence-electron chi connectivity index (χ0n) is 15.6. The maximum Gasteiger partial charge on any atom is 0.279 e. The summed E-state index contributed by atoms with van der Waals surface area (Å²) in [6, 6.07) is 21.0. The molecule has 1 atom stereocenters. The number of hydrogen-bond donors (Lipinski definition) is 2. The highest BCUT2D eigenvalue weighted by Gasteiger charge is 2.16. The molecule has 2 N–H and O–H groups in total. The maximum atomic E-state index is 12.9. The van der Waals surface area contributed by atoms with Crippen molar-refractivity contribution < 1.29 is 23.5 Å². The van der Waals surface area contributed by atoms with Gasteiger partial charge in [-0.05, 0) is 67.6 Å². The number of para-hydroxylation sites is 1. The molecule has 29 heavy (non-hydrogen) atoms. The summed E-state index contributed by atoms with van der Waals surface area (Å²) in [5.41, 5.74) is 4.97. The first-order valence-electron chi connectivity index (χ1n) is 8.86. The molecule has 3 aromatic carbocycles. The fraction of sp³-hybridized carbons (Fsp3) is 0.0909. The molecule has 0 saturated carbocycles. The van der Waals surface area contributed by atoms with Gasteiger partial charge in [-0.15, -0.1) is 0 Å². The number of carbonyl (C=O) groups excluding carboxylic acids is 2. The molecular formula is C22H19FN2O4. The minimum absolute atomic E-state index is 0.342. The van der Waals surface area contributed by atoms with Crippen molar-refractivity contribution in [2.75, 3.05) is 0 Å². The van der Waals surface area contributed by atoms with Gasteiger partial charge >= 0.3 is 0 Å². The van der Waals surface area contributed by atoms with Gasteiger partial charge in [0.25, 0.3) is 11.8 Å². The van der Waals surface area contributed by atoms with Crippen LogP contribution < -0.4 is 20.3 Å². The summed E-state index contributed by atoms with van der Waals surface area (Å²) in [4.78, 5) is 24.3. The minimum atomic E-state index is -0.887. The lowest BCUT2D eigenvalue weighted by atomic mass is 10.2. The fourth-order valence-corrected chi connectivity index (χ4v) is 2.36. The van der Waals surface area contributed by atoms with E-state index in [2.05, 4.69) is 10.9 Å². The Bertz CT molecular complexity index is 960. The van der Waals surface area contributed by atoms with Gasteiger partial charge in [-0.25, -0.2) is 4.39 Å². The molecule has 148 valence electrons. The van der Waals surface area contributed by atoms with E-state index in [1.54, 1.807) is 24.3 Å². The molecule has 0 fully saturated rings. The number of amides is 2. The second-order valence-electron chi connectivity index (χ2n) is 6.10. The number of carbonyl (C=O) groups is 2. The first kappa shape index (κ1) is 19.9. The summed E-state index contributed by atoms with van der Waals surface area (Å²) in [7, 11) is 0. The number of rotatable bonds is 6. The van der Waals surface area contributed by atoms with E-state index < -0.39 is 23.7 Å². The van der Waals surface area contributed by atoms with Crippen LogP contribution in [0.1, 0.15) is 17.3 Å². The van der Waals surface area contributed by atoms with Gasteiger partial charge in [-0.1, -0.05) is 18.2 Å². The van der Waals surface area contributed by atoms with E-state index in [1.165, 1.54) is 31.2 Å². The molecule has 0 bridgehead atoms. The summed E-state index contributed by atoms with van der Waals surface area (Å²) < 4.78 is 24.0. The third-order valence-electron chi connectivity index (χ3n) is 3.89. The van der Waals surface area contributed by atoms with E-state index in [0.29, 0.717) is 22.8 Å². The van der Waals surface area contributed by atoms with Gasteiger partial charge in [0.2, 0.25) is 0 Å². The Kier molecular flexibility index (Phi) is 6.42. The molecule has 0 aromatic heterocycles. The van der Waals surface area contributed by atoms with E-state index in [1.807, 2.05) is 30.3 Å². The fourth-order valence-electron chi connectivity index (χ4n) is 2.36. The minimum Gasteiger partial charge on any atom is -0.481 e. The first-order chi connectivity index (χ1) is 14.0. The lowest BCUT2D eigenvalue weighted by Crippen LogP contribution is -2.47. The van der Waals surface area contributed by atoms with Crippen molar-refractivity contribution in [2.24, 2.45) is 0 Å². The van der Waals surface area contributed by atoms with Gasteiger partial charge in [0.05, 0.1) is 0 Å². The maximum absolute atomic E-state index is 12.9. The van der Waals surface area contributed by atoms with Gasteiger partial charge in [-0.3, -0.25) is 20.4 Å². The zero-order valence-corrected chi connectivity index (χ0v) is 15.6. The topological polar surface area (TPSA) is 76.7 Å². The molecule has 0 aliphatic carbocycles. The first-order valence-corrected chi connectivity index (χ1v) is 8.86. The molecule has 0 heterocycles. The molecule has 0 aliphatic heterocycles. The van der Waals surface area contributed by atoms with E-state index >= 15 is 0 Å². The van der Waals surface area contributed by atoms with Crippen molar-refractivity contribution in [1.29, 1.82) is 0 Å². The van der Waals surface area contributed by atoms with E-state index in [9.17, 15) is 14.0 Å². The number of hydrazine groups is 1. The number of hydrogen-bond acceptors (Lipinski definition) is 4. The van der Waals surface area contributed by atoms with Crippen LogP contribution in [-0.2, 0) is 4.79 Å². The average Bonchev–Trinajstić information content (AvgIpc) is 2.74. The lowest BCUT2D eigenvalue weighted by molar-refractivity contribution is -0.128. The van der Waals surface area contributed by atoms with Gasteiger partial charge in [0.1, 0.15) is 23.1 Å². The van der Waals surface area contributed by atoms with Crippen molar-refractivity contribution >= 4 is 11.8 Å². The molecule has 0 spiro atoms. The van der Waals surface area contributed by atoms with Crippen LogP contribution in [0.5, 0.6) is 17.2 Å². The second-order valence-corrected chi connectivity index (χ2v) is 6.10. The molecule has 0 radical (unpaired) electrons. The molecule has 0 saturated heterocycles. The van der Waals surface area contributed by atoms with Crippen LogP contribution >= 0.6 is 0 Å². The summed E-state index contributed by atoms with van der Waals surface area (Å²) in [6.45, 7) is 1.51. The van der Waals surface area contributed by atoms with Crippen LogP contribution in [0.25, 0.3) is 0 Å². The average molecular weight is 394 g/mol. The van der Waals surface area contributed by atoms with Crippen molar-refractivity contribution in [3.05, 3.63) is 90.2 Å². The standard InChI is InChI=1S/C22H19FN2O4/c1-15(28-19-13-9-17(23)10-14-19)21(26)24-25-22(27)16-7-11-20(12-8-16)29-18-5-3-2-4-6-18/h2-15H,1H3,(H,24,26)(H,25,27). The summed E-state index contributed by atoms with van der Waals surface area (Å²) in [6.07, 6.45) is -0.887. The van der Waals surface area contributed by atoms with Gasteiger partial charge in [-0.2, -0.15) is 0 Å². The quantitative estimate of drug-likeness (QED) is 0.623. The molecule has 3 rings (SSSR count). The Labute approximate surface area is 167 Å². The summed E-state index contributed by atoms with van der Waals surface area (Å²) in [5, 5.41) is 0.